The molecule has 1 aromatic carbocycles. The van der Waals surface area contributed by atoms with Crippen LogP contribution in [0.1, 0.15) is 50.2 Å². The quantitative estimate of drug-likeness (QED) is 0.836. The molecule has 0 amide bonds. The van der Waals surface area contributed by atoms with E-state index in [0.29, 0.717) is 12.0 Å². The van der Waals surface area contributed by atoms with E-state index in [2.05, 4.69) is 32.0 Å². The molecule has 100 valence electrons. The summed E-state index contributed by atoms with van der Waals surface area (Å²) in [6, 6.07) is 6.72. The standard InChI is InChI=1S/C16H24ClN/c1-10(2)12-6-7-16(18)14(8-12)13-5-4-11(3)15(17)9-13/h4-5,9-10,12,14,16H,6-8,18H2,1-3H3. The van der Waals surface area contributed by atoms with E-state index < -0.39 is 0 Å². The van der Waals surface area contributed by atoms with E-state index in [-0.39, 0.29) is 0 Å². The van der Waals surface area contributed by atoms with E-state index >= 15 is 0 Å². The van der Waals surface area contributed by atoms with E-state index in [1.165, 1.54) is 18.4 Å². The predicted octanol–water partition coefficient (Wildman–Crippen LogP) is 4.52. The molecule has 1 aliphatic rings. The highest BCUT2D eigenvalue weighted by Gasteiger charge is 2.30. The molecule has 1 nitrogen and oxygen atoms in total. The maximum atomic E-state index is 6.32. The Balaban J connectivity index is 2.21. The van der Waals surface area contributed by atoms with Crippen LogP contribution in [-0.4, -0.2) is 6.04 Å². The Kier molecular flexibility index (Phi) is 4.34. The molecule has 1 saturated carbocycles. The minimum Gasteiger partial charge on any atom is -0.327 e. The molecule has 0 aromatic heterocycles. The fourth-order valence-corrected chi connectivity index (χ4v) is 3.24. The molecule has 0 spiro atoms. The number of aryl methyl sites for hydroxylation is 1. The van der Waals surface area contributed by atoms with Gasteiger partial charge >= 0.3 is 0 Å². The van der Waals surface area contributed by atoms with Crippen molar-refractivity contribution < 1.29 is 0 Å². The molecule has 3 atom stereocenters. The Morgan fingerprint density at radius 2 is 2.00 bits per heavy atom. The molecule has 3 unspecified atom stereocenters. The summed E-state index contributed by atoms with van der Waals surface area (Å²) in [5.41, 5.74) is 8.78. The highest BCUT2D eigenvalue weighted by Crippen LogP contribution is 2.39. The highest BCUT2D eigenvalue weighted by molar-refractivity contribution is 6.31. The van der Waals surface area contributed by atoms with Gasteiger partial charge in [-0.05, 0) is 61.1 Å². The van der Waals surface area contributed by atoms with Crippen LogP contribution in [0.2, 0.25) is 5.02 Å². The zero-order chi connectivity index (χ0) is 13.3. The molecule has 1 aromatic rings. The van der Waals surface area contributed by atoms with E-state index in [4.69, 9.17) is 17.3 Å². The number of hydrogen-bond donors (Lipinski definition) is 1. The average molecular weight is 266 g/mol. The normalized spacial score (nSPS) is 28.7. The molecule has 1 fully saturated rings. The van der Waals surface area contributed by atoms with Gasteiger partial charge in [0.25, 0.3) is 0 Å². The van der Waals surface area contributed by atoms with Crippen LogP contribution in [0.5, 0.6) is 0 Å². The van der Waals surface area contributed by atoms with Crippen molar-refractivity contribution in [2.75, 3.05) is 0 Å². The van der Waals surface area contributed by atoms with Gasteiger partial charge in [0.15, 0.2) is 0 Å². The fourth-order valence-electron chi connectivity index (χ4n) is 3.06. The lowest BCUT2D eigenvalue weighted by molar-refractivity contribution is 0.232. The van der Waals surface area contributed by atoms with Crippen molar-refractivity contribution in [1.82, 2.24) is 0 Å². The summed E-state index contributed by atoms with van der Waals surface area (Å²) in [6.45, 7) is 6.69. The molecular formula is C16H24ClN. The van der Waals surface area contributed by atoms with Gasteiger partial charge in [-0.3, -0.25) is 0 Å². The van der Waals surface area contributed by atoms with Crippen LogP contribution in [0.3, 0.4) is 0 Å². The Morgan fingerprint density at radius 1 is 1.28 bits per heavy atom. The van der Waals surface area contributed by atoms with Crippen LogP contribution in [0.4, 0.5) is 0 Å². The SMILES string of the molecule is Cc1ccc(C2CC(C(C)C)CCC2N)cc1Cl. The lowest BCUT2D eigenvalue weighted by Gasteiger charge is -2.36. The van der Waals surface area contributed by atoms with Crippen molar-refractivity contribution in [1.29, 1.82) is 0 Å². The summed E-state index contributed by atoms with van der Waals surface area (Å²) in [5, 5.41) is 0.867. The van der Waals surface area contributed by atoms with Crippen LogP contribution >= 0.6 is 11.6 Å². The molecular weight excluding hydrogens is 242 g/mol. The highest BCUT2D eigenvalue weighted by atomic mass is 35.5. The van der Waals surface area contributed by atoms with Crippen LogP contribution in [0, 0.1) is 18.8 Å². The zero-order valence-corrected chi connectivity index (χ0v) is 12.4. The van der Waals surface area contributed by atoms with Crippen molar-refractivity contribution in [3.63, 3.8) is 0 Å². The summed E-state index contributed by atoms with van der Waals surface area (Å²) in [4.78, 5) is 0. The third kappa shape index (κ3) is 2.89. The number of nitrogens with two attached hydrogens (primary N) is 1. The molecule has 18 heavy (non-hydrogen) atoms. The van der Waals surface area contributed by atoms with E-state index in [9.17, 15) is 0 Å². The third-order valence-corrected chi connectivity index (χ3v) is 4.92. The number of benzene rings is 1. The van der Waals surface area contributed by atoms with Crippen molar-refractivity contribution in [2.24, 2.45) is 17.6 Å². The van der Waals surface area contributed by atoms with Gasteiger partial charge < -0.3 is 5.73 Å². The number of hydrogen-bond acceptors (Lipinski definition) is 1. The van der Waals surface area contributed by atoms with E-state index in [1.807, 2.05) is 6.92 Å². The van der Waals surface area contributed by atoms with Gasteiger partial charge in [0.1, 0.15) is 0 Å². The van der Waals surface area contributed by atoms with E-state index in [1.54, 1.807) is 0 Å². The van der Waals surface area contributed by atoms with Gasteiger partial charge in [0.2, 0.25) is 0 Å². The van der Waals surface area contributed by atoms with Crippen molar-refractivity contribution in [2.45, 2.75) is 52.0 Å². The molecule has 1 aliphatic carbocycles. The Labute approximate surface area is 116 Å². The first-order valence-corrected chi connectivity index (χ1v) is 7.38. The number of halogens is 1. The maximum Gasteiger partial charge on any atom is 0.0438 e. The van der Waals surface area contributed by atoms with Gasteiger partial charge in [0, 0.05) is 11.1 Å². The van der Waals surface area contributed by atoms with E-state index in [0.717, 1.165) is 28.8 Å². The Morgan fingerprint density at radius 3 is 2.61 bits per heavy atom. The average Bonchev–Trinajstić information content (AvgIpc) is 2.33. The van der Waals surface area contributed by atoms with Crippen LogP contribution < -0.4 is 5.73 Å². The second kappa shape index (κ2) is 5.63. The lowest BCUT2D eigenvalue weighted by atomic mass is 9.71. The first-order chi connectivity index (χ1) is 8.49. The summed E-state index contributed by atoms with van der Waals surface area (Å²) in [6.07, 6.45) is 3.62. The molecule has 0 aliphatic heterocycles. The molecule has 0 saturated heterocycles. The Bertz CT molecular complexity index is 414. The predicted molar refractivity (Wildman–Crippen MR) is 79.1 cm³/mol. The minimum absolute atomic E-state index is 0.291. The molecule has 0 bridgehead atoms. The van der Waals surface area contributed by atoms with Crippen LogP contribution in [-0.2, 0) is 0 Å². The summed E-state index contributed by atoms with van der Waals surface area (Å²) in [5.74, 6) is 2.03. The van der Waals surface area contributed by atoms with Crippen LogP contribution in [0.25, 0.3) is 0 Å². The second-order valence-corrected chi connectivity index (χ2v) is 6.50. The van der Waals surface area contributed by atoms with Gasteiger partial charge in [-0.1, -0.05) is 37.6 Å². The van der Waals surface area contributed by atoms with Gasteiger partial charge in [0.05, 0.1) is 0 Å². The monoisotopic (exact) mass is 265 g/mol. The second-order valence-electron chi connectivity index (χ2n) is 6.10. The van der Waals surface area contributed by atoms with Crippen molar-refractivity contribution in [3.05, 3.63) is 34.3 Å². The Hall–Kier alpha value is -0.530. The molecule has 2 N–H and O–H groups in total. The first kappa shape index (κ1) is 13.9. The molecule has 0 heterocycles. The molecule has 2 heteroatoms. The fraction of sp³-hybridized carbons (Fsp3) is 0.625. The summed E-state index contributed by atoms with van der Waals surface area (Å²) < 4.78 is 0. The smallest absolute Gasteiger partial charge is 0.0438 e. The lowest BCUT2D eigenvalue weighted by Crippen LogP contribution is -2.35. The summed E-state index contributed by atoms with van der Waals surface area (Å²) in [7, 11) is 0. The molecule has 2 rings (SSSR count). The van der Waals surface area contributed by atoms with Gasteiger partial charge in [-0.2, -0.15) is 0 Å². The van der Waals surface area contributed by atoms with Crippen molar-refractivity contribution in [3.8, 4) is 0 Å². The first-order valence-electron chi connectivity index (χ1n) is 7.00. The summed E-state index contributed by atoms with van der Waals surface area (Å²) >= 11 is 6.24. The van der Waals surface area contributed by atoms with Gasteiger partial charge in [-0.15, -0.1) is 0 Å². The van der Waals surface area contributed by atoms with Crippen molar-refractivity contribution >= 4 is 11.6 Å². The minimum atomic E-state index is 0.291. The zero-order valence-electron chi connectivity index (χ0n) is 11.6. The molecule has 0 radical (unpaired) electrons. The third-order valence-electron chi connectivity index (χ3n) is 4.51. The maximum absolute atomic E-state index is 6.32. The number of rotatable bonds is 2. The largest absolute Gasteiger partial charge is 0.327 e. The topological polar surface area (TPSA) is 26.0 Å². The van der Waals surface area contributed by atoms with Crippen LogP contribution in [0.15, 0.2) is 18.2 Å². The van der Waals surface area contributed by atoms with Gasteiger partial charge in [-0.25, -0.2) is 0 Å².